The first-order valence-corrected chi connectivity index (χ1v) is 12.6. The predicted molar refractivity (Wildman–Crippen MR) is 146 cm³/mol. The molecule has 0 unspecified atom stereocenters. The van der Waals surface area contributed by atoms with Gasteiger partial charge in [-0.1, -0.05) is 42.5 Å². The smallest absolute Gasteiger partial charge is 0.269 e. The van der Waals surface area contributed by atoms with E-state index in [-0.39, 0.29) is 5.69 Å². The molecule has 0 fully saturated rings. The minimum atomic E-state index is -0.397. The number of thiazole rings is 1. The van der Waals surface area contributed by atoms with E-state index < -0.39 is 4.92 Å². The molecular formula is C28H24N6O2S. The Hall–Kier alpha value is -4.63. The van der Waals surface area contributed by atoms with Crippen molar-refractivity contribution in [2.24, 2.45) is 10.1 Å². The monoisotopic (exact) mass is 508 g/mol. The predicted octanol–water partition coefficient (Wildman–Crippen LogP) is 5.73. The standard InChI is InChI=1S/C28H24N6O2S/c1-21(23-7-11-25(12-8-23)32-18-17-29-20-32)31-33-27(24-9-13-26(14-10-24)34(35)36)19-37-28(33)30-16-15-22-5-3-2-4-6-22/h2-14,17-20H,15-16H2,1H3. The van der Waals surface area contributed by atoms with E-state index in [0.29, 0.717) is 6.54 Å². The number of benzene rings is 3. The summed E-state index contributed by atoms with van der Waals surface area (Å²) in [5.41, 5.74) is 5.75. The molecule has 0 aliphatic heterocycles. The van der Waals surface area contributed by atoms with Crippen LogP contribution in [0.25, 0.3) is 16.9 Å². The molecule has 0 spiro atoms. The molecule has 3 aromatic carbocycles. The van der Waals surface area contributed by atoms with Crippen molar-refractivity contribution in [2.45, 2.75) is 13.3 Å². The largest absolute Gasteiger partial charge is 0.306 e. The highest BCUT2D eigenvalue weighted by Crippen LogP contribution is 2.23. The molecule has 5 aromatic rings. The number of nitro groups is 1. The Kier molecular flexibility index (Phi) is 7.14. The van der Waals surface area contributed by atoms with E-state index in [0.717, 1.165) is 39.4 Å². The molecule has 0 saturated heterocycles. The Morgan fingerprint density at radius 3 is 2.46 bits per heavy atom. The van der Waals surface area contributed by atoms with Gasteiger partial charge in [0.05, 0.1) is 22.7 Å². The number of aromatic nitrogens is 3. The number of non-ortho nitro benzene ring substituents is 1. The van der Waals surface area contributed by atoms with Gasteiger partial charge in [0.2, 0.25) is 4.80 Å². The van der Waals surface area contributed by atoms with Gasteiger partial charge in [-0.3, -0.25) is 15.1 Å². The van der Waals surface area contributed by atoms with Crippen molar-refractivity contribution in [3.8, 4) is 16.9 Å². The van der Waals surface area contributed by atoms with Crippen molar-refractivity contribution in [1.82, 2.24) is 14.2 Å². The maximum absolute atomic E-state index is 11.1. The van der Waals surface area contributed by atoms with Gasteiger partial charge in [-0.15, -0.1) is 11.3 Å². The molecule has 0 amide bonds. The fraction of sp³-hybridized carbons (Fsp3) is 0.107. The lowest BCUT2D eigenvalue weighted by Gasteiger charge is -2.08. The second-order valence-electron chi connectivity index (χ2n) is 8.34. The van der Waals surface area contributed by atoms with Crippen molar-refractivity contribution in [1.29, 1.82) is 0 Å². The van der Waals surface area contributed by atoms with Gasteiger partial charge in [0.25, 0.3) is 5.69 Å². The third kappa shape index (κ3) is 5.62. The lowest BCUT2D eigenvalue weighted by atomic mass is 10.1. The van der Waals surface area contributed by atoms with Crippen molar-refractivity contribution in [3.05, 3.63) is 129 Å². The van der Waals surface area contributed by atoms with Crippen LogP contribution in [0.2, 0.25) is 0 Å². The van der Waals surface area contributed by atoms with Gasteiger partial charge in [0.1, 0.15) is 0 Å². The van der Waals surface area contributed by atoms with E-state index in [4.69, 9.17) is 10.1 Å². The zero-order valence-electron chi connectivity index (χ0n) is 20.1. The average Bonchev–Trinajstić information content (AvgIpc) is 3.60. The van der Waals surface area contributed by atoms with Crippen LogP contribution >= 0.6 is 11.3 Å². The van der Waals surface area contributed by atoms with Crippen LogP contribution in [0, 0.1) is 10.1 Å². The molecule has 8 nitrogen and oxygen atoms in total. The van der Waals surface area contributed by atoms with Gasteiger partial charge in [0.15, 0.2) is 0 Å². The fourth-order valence-corrected chi connectivity index (χ4v) is 4.73. The van der Waals surface area contributed by atoms with Crippen molar-refractivity contribution < 1.29 is 4.92 Å². The number of rotatable bonds is 8. The first-order valence-electron chi connectivity index (χ1n) is 11.7. The minimum absolute atomic E-state index is 0.0518. The van der Waals surface area contributed by atoms with E-state index in [9.17, 15) is 10.1 Å². The third-order valence-corrected chi connectivity index (χ3v) is 6.74. The Balaban J connectivity index is 1.50. The van der Waals surface area contributed by atoms with Gasteiger partial charge in [-0.05, 0) is 48.7 Å². The maximum Gasteiger partial charge on any atom is 0.269 e. The average molecular weight is 509 g/mol. The molecule has 184 valence electrons. The number of hydrogen-bond acceptors (Lipinski definition) is 6. The number of imidazole rings is 1. The summed E-state index contributed by atoms with van der Waals surface area (Å²) < 4.78 is 3.77. The van der Waals surface area contributed by atoms with E-state index in [1.165, 1.54) is 29.0 Å². The Bertz CT molecular complexity index is 1580. The second kappa shape index (κ2) is 11.0. The van der Waals surface area contributed by atoms with Crippen LogP contribution in [-0.4, -0.2) is 31.4 Å². The molecule has 0 saturated carbocycles. The highest BCUT2D eigenvalue weighted by molar-refractivity contribution is 7.07. The van der Waals surface area contributed by atoms with Crippen LogP contribution in [0.5, 0.6) is 0 Å². The summed E-state index contributed by atoms with van der Waals surface area (Å²) in [6.07, 6.45) is 6.23. The number of nitrogens with zero attached hydrogens (tertiary/aromatic N) is 6. The molecule has 0 bridgehead atoms. The quantitative estimate of drug-likeness (QED) is 0.152. The van der Waals surface area contributed by atoms with Crippen LogP contribution in [0.3, 0.4) is 0 Å². The molecule has 0 aliphatic rings. The van der Waals surface area contributed by atoms with E-state index in [2.05, 4.69) is 17.1 Å². The van der Waals surface area contributed by atoms with Gasteiger partial charge in [0, 0.05) is 47.7 Å². The molecule has 2 aromatic heterocycles. The van der Waals surface area contributed by atoms with E-state index in [1.54, 1.807) is 24.7 Å². The second-order valence-corrected chi connectivity index (χ2v) is 9.18. The Morgan fingerprint density at radius 1 is 1.03 bits per heavy atom. The summed E-state index contributed by atoms with van der Waals surface area (Å²) in [7, 11) is 0. The topological polar surface area (TPSA) is 90.6 Å². The summed E-state index contributed by atoms with van der Waals surface area (Å²) in [5, 5.41) is 18.0. The molecule has 0 radical (unpaired) electrons. The Labute approximate surface area is 217 Å². The van der Waals surface area contributed by atoms with Crippen LogP contribution in [0.1, 0.15) is 18.1 Å². The molecular weight excluding hydrogens is 484 g/mol. The van der Waals surface area contributed by atoms with Crippen molar-refractivity contribution in [2.75, 3.05) is 6.54 Å². The summed E-state index contributed by atoms with van der Waals surface area (Å²) in [6, 6.07) is 24.9. The van der Waals surface area contributed by atoms with Gasteiger partial charge >= 0.3 is 0 Å². The molecule has 2 heterocycles. The summed E-state index contributed by atoms with van der Waals surface area (Å²) in [6.45, 7) is 2.59. The first-order chi connectivity index (χ1) is 18.1. The SMILES string of the molecule is CC(=Nn1c(-c2ccc([N+](=O)[O-])cc2)csc1=NCCc1ccccc1)c1ccc(-n2ccnc2)cc1. The van der Waals surface area contributed by atoms with E-state index in [1.807, 2.05) is 70.2 Å². The van der Waals surface area contributed by atoms with E-state index >= 15 is 0 Å². The normalized spacial score (nSPS) is 12.1. The van der Waals surface area contributed by atoms with Crippen LogP contribution < -0.4 is 4.80 Å². The lowest BCUT2D eigenvalue weighted by molar-refractivity contribution is -0.384. The molecule has 9 heteroatoms. The number of nitro benzene ring substituents is 1. The molecule has 5 rings (SSSR count). The van der Waals surface area contributed by atoms with Crippen LogP contribution in [0.4, 0.5) is 5.69 Å². The molecule has 0 aliphatic carbocycles. The number of hydrogen-bond donors (Lipinski definition) is 0. The zero-order valence-corrected chi connectivity index (χ0v) is 21.0. The zero-order chi connectivity index (χ0) is 25.6. The summed E-state index contributed by atoms with van der Waals surface area (Å²) >= 11 is 1.50. The highest BCUT2D eigenvalue weighted by atomic mass is 32.1. The van der Waals surface area contributed by atoms with Crippen LogP contribution in [-0.2, 0) is 6.42 Å². The first kappa shape index (κ1) is 24.1. The summed E-state index contributed by atoms with van der Waals surface area (Å²) in [5.74, 6) is 0. The molecule has 0 atom stereocenters. The van der Waals surface area contributed by atoms with Gasteiger partial charge in [-0.25, -0.2) is 9.66 Å². The van der Waals surface area contributed by atoms with Crippen molar-refractivity contribution in [3.63, 3.8) is 0 Å². The highest BCUT2D eigenvalue weighted by Gasteiger charge is 2.11. The minimum Gasteiger partial charge on any atom is -0.306 e. The molecule has 0 N–H and O–H groups in total. The Morgan fingerprint density at radius 2 is 1.78 bits per heavy atom. The maximum atomic E-state index is 11.1. The van der Waals surface area contributed by atoms with Crippen molar-refractivity contribution >= 4 is 22.7 Å². The van der Waals surface area contributed by atoms with Gasteiger partial charge in [-0.2, -0.15) is 5.10 Å². The summed E-state index contributed by atoms with van der Waals surface area (Å²) in [4.78, 5) is 20.4. The van der Waals surface area contributed by atoms with Crippen LogP contribution in [0.15, 0.2) is 113 Å². The van der Waals surface area contributed by atoms with Gasteiger partial charge < -0.3 is 4.57 Å². The lowest BCUT2D eigenvalue weighted by Crippen LogP contribution is -2.15. The third-order valence-electron chi connectivity index (χ3n) is 5.89. The molecule has 37 heavy (non-hydrogen) atoms. The fourth-order valence-electron chi connectivity index (χ4n) is 3.88.